The Hall–Kier alpha value is -1.91. The number of aryl methyl sites for hydroxylation is 1. The predicted octanol–water partition coefficient (Wildman–Crippen LogP) is 2.94. The van der Waals surface area contributed by atoms with Crippen LogP contribution in [-0.2, 0) is 9.59 Å². The van der Waals surface area contributed by atoms with Crippen LogP contribution in [0.5, 0.6) is 0 Å². The molecule has 1 saturated carbocycles. The number of hydrogen-bond acceptors (Lipinski definition) is 2. The smallest absolute Gasteiger partial charge is 0.227 e. The third kappa shape index (κ3) is 3.54. The lowest BCUT2D eigenvalue weighted by molar-refractivity contribution is -0.127. The highest BCUT2D eigenvalue weighted by molar-refractivity contribution is 6.00. The number of nitrogens with one attached hydrogen (secondary N) is 1. The Morgan fingerprint density at radius 2 is 2.00 bits per heavy atom. The Bertz CT molecular complexity index is 611. The fraction of sp³-hybridized carbons (Fsp3) is 0.556. The molecule has 1 atom stereocenters. The molecule has 1 aromatic carbocycles. The fourth-order valence-electron chi connectivity index (χ4n) is 3.45. The average Bonchev–Trinajstić information content (AvgIpc) is 2.93. The second-order valence-electron chi connectivity index (χ2n) is 6.68. The van der Waals surface area contributed by atoms with Crippen molar-refractivity contribution >= 4 is 17.5 Å². The molecule has 0 unspecified atom stereocenters. The lowest BCUT2D eigenvalue weighted by Gasteiger charge is -2.24. The largest absolute Gasteiger partial charge is 0.353 e. The number of halogens is 1. The molecule has 4 nitrogen and oxygen atoms in total. The van der Waals surface area contributed by atoms with Crippen LogP contribution in [-0.4, -0.2) is 24.4 Å². The van der Waals surface area contributed by atoms with E-state index < -0.39 is 0 Å². The molecule has 1 aliphatic carbocycles. The lowest BCUT2D eigenvalue weighted by atomic mass is 9.95. The first-order valence-corrected chi connectivity index (χ1v) is 8.41. The van der Waals surface area contributed by atoms with E-state index in [-0.39, 0.29) is 36.0 Å². The molecule has 1 N–H and O–H groups in total. The molecule has 124 valence electrons. The molecule has 0 aromatic heterocycles. The van der Waals surface area contributed by atoms with Crippen molar-refractivity contribution in [3.05, 3.63) is 29.6 Å². The van der Waals surface area contributed by atoms with Crippen LogP contribution in [0.4, 0.5) is 10.1 Å². The third-order valence-corrected chi connectivity index (χ3v) is 4.91. The molecule has 23 heavy (non-hydrogen) atoms. The third-order valence-electron chi connectivity index (χ3n) is 4.91. The van der Waals surface area contributed by atoms with Crippen LogP contribution in [0, 0.1) is 18.7 Å². The Kier molecular flexibility index (Phi) is 4.64. The second-order valence-corrected chi connectivity index (χ2v) is 6.68. The first-order valence-electron chi connectivity index (χ1n) is 8.41. The van der Waals surface area contributed by atoms with Gasteiger partial charge in [-0.2, -0.15) is 0 Å². The van der Waals surface area contributed by atoms with Gasteiger partial charge in [-0.15, -0.1) is 0 Å². The van der Waals surface area contributed by atoms with Crippen molar-refractivity contribution in [3.63, 3.8) is 0 Å². The molecule has 0 bridgehead atoms. The zero-order valence-electron chi connectivity index (χ0n) is 13.5. The van der Waals surface area contributed by atoms with E-state index in [2.05, 4.69) is 5.32 Å². The molecular formula is C18H23FN2O2. The van der Waals surface area contributed by atoms with Crippen LogP contribution in [0.3, 0.4) is 0 Å². The Morgan fingerprint density at radius 1 is 1.26 bits per heavy atom. The number of nitrogens with zero attached hydrogens (tertiary/aromatic N) is 1. The van der Waals surface area contributed by atoms with Gasteiger partial charge in [0.2, 0.25) is 11.8 Å². The maximum Gasteiger partial charge on any atom is 0.227 e. The second kappa shape index (κ2) is 6.69. The van der Waals surface area contributed by atoms with E-state index in [0.29, 0.717) is 17.8 Å². The van der Waals surface area contributed by atoms with Crippen LogP contribution in [0.15, 0.2) is 18.2 Å². The predicted molar refractivity (Wildman–Crippen MR) is 86.6 cm³/mol. The van der Waals surface area contributed by atoms with E-state index in [9.17, 15) is 14.0 Å². The summed E-state index contributed by atoms with van der Waals surface area (Å²) in [7, 11) is 0. The van der Waals surface area contributed by atoms with E-state index >= 15 is 0 Å². The number of amides is 2. The molecule has 0 radical (unpaired) electrons. The van der Waals surface area contributed by atoms with Crippen molar-refractivity contribution in [1.29, 1.82) is 0 Å². The zero-order chi connectivity index (χ0) is 16.4. The van der Waals surface area contributed by atoms with Crippen LogP contribution >= 0.6 is 0 Å². The van der Waals surface area contributed by atoms with Crippen LogP contribution < -0.4 is 10.2 Å². The molecule has 3 rings (SSSR count). The van der Waals surface area contributed by atoms with E-state index in [4.69, 9.17) is 0 Å². The van der Waals surface area contributed by atoms with Gasteiger partial charge in [0.15, 0.2) is 0 Å². The van der Waals surface area contributed by atoms with Crippen LogP contribution in [0.25, 0.3) is 0 Å². The van der Waals surface area contributed by atoms with E-state index in [0.717, 1.165) is 25.7 Å². The molecule has 2 amide bonds. The standard InChI is InChI=1S/C18H23FN2O2/c1-12-7-8-15(10-16(12)19)21-11-13(9-17(21)22)18(23)20-14-5-3-2-4-6-14/h7-8,10,13-14H,2-6,9,11H2,1H3,(H,20,23)/t13-/m0/s1. The molecule has 0 spiro atoms. The summed E-state index contributed by atoms with van der Waals surface area (Å²) in [5.74, 6) is -0.823. The van der Waals surface area contributed by atoms with Gasteiger partial charge in [0, 0.05) is 24.7 Å². The van der Waals surface area contributed by atoms with Crippen molar-refractivity contribution in [2.24, 2.45) is 5.92 Å². The van der Waals surface area contributed by atoms with Crippen molar-refractivity contribution in [1.82, 2.24) is 5.32 Å². The average molecular weight is 318 g/mol. The number of carbonyl (C=O) groups is 2. The Morgan fingerprint density at radius 3 is 2.70 bits per heavy atom. The Labute approximate surface area is 136 Å². The first kappa shape index (κ1) is 16.0. The minimum absolute atomic E-state index is 0.0414. The Balaban J connectivity index is 1.64. The molecule has 1 saturated heterocycles. The van der Waals surface area contributed by atoms with Crippen molar-refractivity contribution in [2.45, 2.75) is 51.5 Å². The summed E-state index contributed by atoms with van der Waals surface area (Å²) in [5, 5.41) is 3.08. The molecule has 2 aliphatic rings. The van der Waals surface area contributed by atoms with Gasteiger partial charge in [-0.25, -0.2) is 4.39 Å². The summed E-state index contributed by atoms with van der Waals surface area (Å²) in [6, 6.07) is 5.01. The normalized spacial score (nSPS) is 22.4. The van der Waals surface area contributed by atoms with E-state index in [1.165, 1.54) is 17.4 Å². The number of hydrogen-bond donors (Lipinski definition) is 1. The van der Waals surface area contributed by atoms with Crippen molar-refractivity contribution in [2.75, 3.05) is 11.4 Å². The highest BCUT2D eigenvalue weighted by atomic mass is 19.1. The minimum Gasteiger partial charge on any atom is -0.353 e. The molecular weight excluding hydrogens is 295 g/mol. The van der Waals surface area contributed by atoms with Gasteiger partial charge in [0.25, 0.3) is 0 Å². The SMILES string of the molecule is Cc1ccc(N2C[C@@H](C(=O)NC3CCCCC3)CC2=O)cc1F. The van der Waals surface area contributed by atoms with Gasteiger partial charge in [0.1, 0.15) is 5.82 Å². The zero-order valence-corrected chi connectivity index (χ0v) is 13.5. The van der Waals surface area contributed by atoms with Crippen molar-refractivity contribution < 1.29 is 14.0 Å². The van der Waals surface area contributed by atoms with Crippen molar-refractivity contribution in [3.8, 4) is 0 Å². The number of anilines is 1. The van der Waals surface area contributed by atoms with E-state index in [1.54, 1.807) is 19.1 Å². The highest BCUT2D eigenvalue weighted by Gasteiger charge is 2.36. The molecule has 1 aliphatic heterocycles. The summed E-state index contributed by atoms with van der Waals surface area (Å²) in [5.41, 5.74) is 1.08. The number of benzene rings is 1. The quantitative estimate of drug-likeness (QED) is 0.931. The summed E-state index contributed by atoms with van der Waals surface area (Å²) in [6.07, 6.45) is 5.81. The molecule has 1 aromatic rings. The van der Waals surface area contributed by atoms with Crippen LogP contribution in [0.2, 0.25) is 0 Å². The van der Waals surface area contributed by atoms with Gasteiger partial charge in [-0.1, -0.05) is 25.3 Å². The maximum atomic E-state index is 13.7. The van der Waals surface area contributed by atoms with Gasteiger partial charge in [0.05, 0.1) is 5.92 Å². The van der Waals surface area contributed by atoms with Gasteiger partial charge in [-0.05, 0) is 37.5 Å². The molecule has 1 heterocycles. The summed E-state index contributed by atoms with van der Waals surface area (Å²) >= 11 is 0. The molecule has 2 fully saturated rings. The number of carbonyl (C=O) groups excluding carboxylic acids is 2. The lowest BCUT2D eigenvalue weighted by Crippen LogP contribution is -2.40. The van der Waals surface area contributed by atoms with Gasteiger partial charge < -0.3 is 10.2 Å². The van der Waals surface area contributed by atoms with Gasteiger partial charge >= 0.3 is 0 Å². The molecule has 5 heteroatoms. The number of rotatable bonds is 3. The topological polar surface area (TPSA) is 49.4 Å². The maximum absolute atomic E-state index is 13.7. The highest BCUT2D eigenvalue weighted by Crippen LogP contribution is 2.27. The van der Waals surface area contributed by atoms with E-state index in [1.807, 2.05) is 0 Å². The monoisotopic (exact) mass is 318 g/mol. The summed E-state index contributed by atoms with van der Waals surface area (Å²) in [6.45, 7) is 2.02. The summed E-state index contributed by atoms with van der Waals surface area (Å²) in [4.78, 5) is 26.1. The fourth-order valence-corrected chi connectivity index (χ4v) is 3.45. The summed E-state index contributed by atoms with van der Waals surface area (Å²) < 4.78 is 13.7. The van der Waals surface area contributed by atoms with Gasteiger partial charge in [-0.3, -0.25) is 9.59 Å². The van der Waals surface area contributed by atoms with Crippen LogP contribution in [0.1, 0.15) is 44.1 Å². The first-order chi connectivity index (χ1) is 11.0. The minimum atomic E-state index is -0.339.